The van der Waals surface area contributed by atoms with Gasteiger partial charge >= 0.3 is 6.09 Å². The second-order valence-corrected chi connectivity index (χ2v) is 5.75. The summed E-state index contributed by atoms with van der Waals surface area (Å²) in [4.78, 5) is 18.6. The van der Waals surface area contributed by atoms with Crippen LogP contribution in [0.25, 0.3) is 11.0 Å². The molecule has 19 heavy (non-hydrogen) atoms. The minimum absolute atomic E-state index is 0.365. The molecule has 5 nitrogen and oxygen atoms in total. The maximum Gasteiger partial charge on any atom is 0.405 e. The fourth-order valence-corrected chi connectivity index (χ4v) is 2.30. The smallest absolute Gasteiger partial charge is 0.405 e. The standard InChI is InChI=1S/C13H16BrN3O2/c1-7(2)5-11(19-13(15)18)12-16-9-4-3-8(14)6-10(9)17-12/h3-4,6-7,11H,5H2,1-2H3,(H2,15,18)(H,16,17). The molecule has 0 aliphatic heterocycles. The summed E-state index contributed by atoms with van der Waals surface area (Å²) in [6, 6.07) is 5.75. The molecule has 1 atom stereocenters. The lowest BCUT2D eigenvalue weighted by molar-refractivity contribution is 0.0888. The number of fused-ring (bicyclic) bond motifs is 1. The first kappa shape index (κ1) is 13.9. The number of amides is 1. The fourth-order valence-electron chi connectivity index (χ4n) is 1.94. The summed E-state index contributed by atoms with van der Waals surface area (Å²) in [5, 5.41) is 0. The Kier molecular flexibility index (Phi) is 4.09. The van der Waals surface area contributed by atoms with E-state index in [4.69, 9.17) is 10.5 Å². The summed E-state index contributed by atoms with van der Waals surface area (Å²) in [7, 11) is 0. The van der Waals surface area contributed by atoms with Crippen LogP contribution >= 0.6 is 15.9 Å². The summed E-state index contributed by atoms with van der Waals surface area (Å²) < 4.78 is 6.10. The third-order valence-corrected chi connectivity index (χ3v) is 3.20. The summed E-state index contributed by atoms with van der Waals surface area (Å²) >= 11 is 3.41. The molecule has 1 aromatic heterocycles. The summed E-state index contributed by atoms with van der Waals surface area (Å²) in [6.07, 6.45) is -0.555. The summed E-state index contributed by atoms with van der Waals surface area (Å²) in [5.74, 6) is 0.991. The second kappa shape index (κ2) is 5.61. The predicted octanol–water partition coefficient (Wildman–Crippen LogP) is 3.51. The Morgan fingerprint density at radius 3 is 2.89 bits per heavy atom. The molecule has 1 unspecified atom stereocenters. The molecule has 0 aliphatic rings. The molecule has 0 radical (unpaired) electrons. The van der Waals surface area contributed by atoms with Gasteiger partial charge in [0.1, 0.15) is 5.82 Å². The van der Waals surface area contributed by atoms with Gasteiger partial charge in [-0.3, -0.25) is 0 Å². The van der Waals surface area contributed by atoms with Gasteiger partial charge in [0.15, 0.2) is 6.10 Å². The number of ether oxygens (including phenoxy) is 1. The lowest BCUT2D eigenvalue weighted by Crippen LogP contribution is -2.19. The monoisotopic (exact) mass is 325 g/mol. The first-order valence-corrected chi connectivity index (χ1v) is 6.86. The van der Waals surface area contributed by atoms with Crippen LogP contribution < -0.4 is 5.73 Å². The van der Waals surface area contributed by atoms with E-state index < -0.39 is 12.2 Å². The van der Waals surface area contributed by atoms with Gasteiger partial charge in [0.25, 0.3) is 0 Å². The Labute approximate surface area is 119 Å². The Bertz CT molecular complexity index is 595. The number of benzene rings is 1. The minimum Gasteiger partial charge on any atom is -0.438 e. The van der Waals surface area contributed by atoms with Crippen molar-refractivity contribution in [3.05, 3.63) is 28.5 Å². The van der Waals surface area contributed by atoms with E-state index >= 15 is 0 Å². The Morgan fingerprint density at radius 1 is 1.53 bits per heavy atom. The third-order valence-electron chi connectivity index (χ3n) is 2.71. The number of carbonyl (C=O) groups is 1. The van der Waals surface area contributed by atoms with Crippen molar-refractivity contribution in [2.75, 3.05) is 0 Å². The molecular weight excluding hydrogens is 310 g/mol. The number of primary amides is 1. The van der Waals surface area contributed by atoms with Crippen LogP contribution in [0, 0.1) is 5.92 Å². The van der Waals surface area contributed by atoms with E-state index in [2.05, 4.69) is 39.7 Å². The maximum absolute atomic E-state index is 11.0. The van der Waals surface area contributed by atoms with Crippen molar-refractivity contribution in [3.63, 3.8) is 0 Å². The molecular formula is C13H16BrN3O2. The Hall–Kier alpha value is -1.56. The zero-order valence-electron chi connectivity index (χ0n) is 10.8. The summed E-state index contributed by atoms with van der Waals surface area (Å²) in [6.45, 7) is 4.10. The number of aromatic nitrogens is 2. The van der Waals surface area contributed by atoms with Crippen LogP contribution in [0.1, 0.15) is 32.2 Å². The zero-order valence-corrected chi connectivity index (χ0v) is 12.4. The van der Waals surface area contributed by atoms with Crippen LogP contribution in [0.3, 0.4) is 0 Å². The van der Waals surface area contributed by atoms with E-state index in [1.807, 2.05) is 18.2 Å². The molecule has 6 heteroatoms. The molecule has 3 N–H and O–H groups in total. The molecule has 1 amide bonds. The average molecular weight is 326 g/mol. The lowest BCUT2D eigenvalue weighted by Gasteiger charge is -2.16. The van der Waals surface area contributed by atoms with Crippen molar-refractivity contribution in [1.82, 2.24) is 9.97 Å². The number of aromatic amines is 1. The SMILES string of the molecule is CC(C)CC(OC(N)=O)c1nc2ccc(Br)cc2[nH]1. The van der Waals surface area contributed by atoms with Gasteiger partial charge in [0.2, 0.25) is 0 Å². The Morgan fingerprint density at radius 2 is 2.26 bits per heavy atom. The molecule has 1 aromatic carbocycles. The molecule has 0 bridgehead atoms. The number of rotatable bonds is 4. The van der Waals surface area contributed by atoms with Gasteiger partial charge in [-0.15, -0.1) is 0 Å². The molecule has 2 rings (SSSR count). The van der Waals surface area contributed by atoms with E-state index in [-0.39, 0.29) is 0 Å². The molecule has 1 heterocycles. The van der Waals surface area contributed by atoms with Gasteiger partial charge in [0.05, 0.1) is 11.0 Å². The van der Waals surface area contributed by atoms with Crippen LogP contribution in [0.2, 0.25) is 0 Å². The molecule has 0 aliphatic carbocycles. The van der Waals surface area contributed by atoms with Crippen molar-refractivity contribution < 1.29 is 9.53 Å². The Balaban J connectivity index is 2.34. The third kappa shape index (κ3) is 3.47. The largest absolute Gasteiger partial charge is 0.438 e. The normalized spacial score (nSPS) is 12.8. The highest BCUT2D eigenvalue weighted by Gasteiger charge is 2.20. The van der Waals surface area contributed by atoms with Crippen LogP contribution in [0.5, 0.6) is 0 Å². The van der Waals surface area contributed by atoms with E-state index in [1.165, 1.54) is 0 Å². The molecule has 0 saturated heterocycles. The topological polar surface area (TPSA) is 81.0 Å². The highest BCUT2D eigenvalue weighted by molar-refractivity contribution is 9.10. The van der Waals surface area contributed by atoms with E-state index in [0.717, 1.165) is 15.5 Å². The van der Waals surface area contributed by atoms with E-state index in [9.17, 15) is 4.79 Å². The predicted molar refractivity (Wildman–Crippen MR) is 76.7 cm³/mol. The second-order valence-electron chi connectivity index (χ2n) is 4.84. The zero-order chi connectivity index (χ0) is 14.0. The van der Waals surface area contributed by atoms with E-state index in [1.54, 1.807) is 0 Å². The van der Waals surface area contributed by atoms with Gasteiger partial charge in [0, 0.05) is 4.47 Å². The number of carbonyl (C=O) groups excluding carboxylic acids is 1. The quantitative estimate of drug-likeness (QED) is 0.902. The highest BCUT2D eigenvalue weighted by Crippen LogP contribution is 2.26. The van der Waals surface area contributed by atoms with Gasteiger partial charge in [-0.2, -0.15) is 0 Å². The first-order chi connectivity index (χ1) is 8.95. The maximum atomic E-state index is 11.0. The molecule has 102 valence electrons. The fraction of sp³-hybridized carbons (Fsp3) is 0.385. The highest BCUT2D eigenvalue weighted by atomic mass is 79.9. The van der Waals surface area contributed by atoms with E-state index in [0.29, 0.717) is 18.2 Å². The van der Waals surface area contributed by atoms with Crippen molar-refractivity contribution in [3.8, 4) is 0 Å². The van der Waals surface area contributed by atoms with Gasteiger partial charge < -0.3 is 15.5 Å². The van der Waals surface area contributed by atoms with Gasteiger partial charge in [-0.05, 0) is 30.5 Å². The molecule has 0 spiro atoms. The molecule has 2 aromatic rings. The van der Waals surface area contributed by atoms with Crippen LogP contribution in [0.15, 0.2) is 22.7 Å². The van der Waals surface area contributed by atoms with Crippen LogP contribution in [0.4, 0.5) is 4.79 Å². The number of hydrogen-bond acceptors (Lipinski definition) is 3. The first-order valence-electron chi connectivity index (χ1n) is 6.07. The van der Waals surface area contributed by atoms with Crippen LogP contribution in [-0.2, 0) is 4.74 Å². The molecule has 0 fully saturated rings. The van der Waals surface area contributed by atoms with Crippen molar-refractivity contribution in [2.45, 2.75) is 26.4 Å². The number of H-pyrrole nitrogens is 1. The number of hydrogen-bond donors (Lipinski definition) is 2. The van der Waals surface area contributed by atoms with Crippen molar-refractivity contribution in [2.24, 2.45) is 11.7 Å². The van der Waals surface area contributed by atoms with Crippen LogP contribution in [-0.4, -0.2) is 16.1 Å². The number of halogens is 1. The minimum atomic E-state index is -0.785. The number of nitrogens with zero attached hydrogens (tertiary/aromatic N) is 1. The average Bonchev–Trinajstić information content (AvgIpc) is 2.69. The molecule has 0 saturated carbocycles. The van der Waals surface area contributed by atoms with Gasteiger partial charge in [-0.1, -0.05) is 29.8 Å². The van der Waals surface area contributed by atoms with Crippen molar-refractivity contribution in [1.29, 1.82) is 0 Å². The lowest BCUT2D eigenvalue weighted by atomic mass is 10.1. The van der Waals surface area contributed by atoms with Gasteiger partial charge in [-0.25, -0.2) is 9.78 Å². The summed E-state index contributed by atoms with van der Waals surface area (Å²) in [5.41, 5.74) is 6.84. The van der Waals surface area contributed by atoms with Crippen molar-refractivity contribution >= 4 is 33.1 Å². The number of nitrogens with one attached hydrogen (secondary N) is 1. The number of imidazole rings is 1. The number of nitrogens with two attached hydrogens (primary N) is 1.